The molecule has 0 aromatic heterocycles. The maximum absolute atomic E-state index is 11.6. The SMILES string of the molecule is CCCCCC1=NCC(=O)Nc2ccc(Cl)cc21. The molecule has 96 valence electrons. The summed E-state index contributed by atoms with van der Waals surface area (Å²) in [6.07, 6.45) is 4.34. The number of nitrogens with one attached hydrogen (secondary N) is 1. The van der Waals surface area contributed by atoms with E-state index in [0.29, 0.717) is 5.02 Å². The fraction of sp³-hybridized carbons (Fsp3) is 0.429. The summed E-state index contributed by atoms with van der Waals surface area (Å²) in [6.45, 7) is 2.37. The van der Waals surface area contributed by atoms with Crippen LogP contribution in [-0.4, -0.2) is 18.2 Å². The molecule has 0 spiro atoms. The molecule has 0 saturated carbocycles. The lowest BCUT2D eigenvalue weighted by Gasteiger charge is -2.09. The molecule has 4 heteroatoms. The zero-order valence-electron chi connectivity index (χ0n) is 10.5. The van der Waals surface area contributed by atoms with Gasteiger partial charge in [-0.3, -0.25) is 9.79 Å². The lowest BCUT2D eigenvalue weighted by Crippen LogP contribution is -2.13. The number of carbonyl (C=O) groups is 1. The number of fused-ring (bicyclic) bond motifs is 1. The number of benzodiazepines with no additional fused rings is 1. The highest BCUT2D eigenvalue weighted by Crippen LogP contribution is 2.25. The zero-order valence-corrected chi connectivity index (χ0v) is 11.3. The van der Waals surface area contributed by atoms with Crippen LogP contribution in [0.2, 0.25) is 5.02 Å². The number of unbranched alkanes of at least 4 members (excludes halogenated alkanes) is 2. The van der Waals surface area contributed by atoms with E-state index < -0.39 is 0 Å². The van der Waals surface area contributed by atoms with Crippen LogP contribution in [0.25, 0.3) is 0 Å². The smallest absolute Gasteiger partial charge is 0.246 e. The standard InChI is InChI=1S/C14H17ClN2O/c1-2-3-4-5-12-11-8-10(15)6-7-13(11)17-14(18)9-16-12/h6-8H,2-5,9H2,1H3,(H,17,18). The average molecular weight is 265 g/mol. The second kappa shape index (κ2) is 6.01. The van der Waals surface area contributed by atoms with E-state index in [0.717, 1.165) is 29.8 Å². The first kappa shape index (κ1) is 13.1. The van der Waals surface area contributed by atoms with Crippen molar-refractivity contribution >= 4 is 28.9 Å². The lowest BCUT2D eigenvalue weighted by molar-refractivity contribution is -0.114. The summed E-state index contributed by atoms with van der Waals surface area (Å²) in [5, 5.41) is 3.53. The number of nitrogens with zero attached hydrogens (tertiary/aromatic N) is 1. The predicted molar refractivity (Wildman–Crippen MR) is 75.6 cm³/mol. The normalized spacial score (nSPS) is 14.6. The Labute approximate surface area is 112 Å². The minimum absolute atomic E-state index is 0.0657. The van der Waals surface area contributed by atoms with Crippen molar-refractivity contribution in [2.24, 2.45) is 4.99 Å². The van der Waals surface area contributed by atoms with Crippen LogP contribution in [0.1, 0.15) is 38.2 Å². The lowest BCUT2D eigenvalue weighted by atomic mass is 10.0. The van der Waals surface area contributed by atoms with Gasteiger partial charge in [0.1, 0.15) is 6.54 Å². The molecule has 0 unspecified atom stereocenters. The number of benzene rings is 1. The average Bonchev–Trinajstić information content (AvgIpc) is 2.50. The van der Waals surface area contributed by atoms with Gasteiger partial charge in [0.05, 0.1) is 0 Å². The Morgan fingerprint density at radius 3 is 3.00 bits per heavy atom. The number of anilines is 1. The minimum atomic E-state index is -0.0657. The van der Waals surface area contributed by atoms with Crippen molar-refractivity contribution in [3.05, 3.63) is 28.8 Å². The van der Waals surface area contributed by atoms with Gasteiger partial charge < -0.3 is 5.32 Å². The maximum Gasteiger partial charge on any atom is 0.246 e. The summed E-state index contributed by atoms with van der Waals surface area (Å²) in [5.74, 6) is -0.0657. The number of hydrogen-bond acceptors (Lipinski definition) is 2. The fourth-order valence-electron chi connectivity index (χ4n) is 2.06. The molecule has 1 aromatic rings. The highest BCUT2D eigenvalue weighted by Gasteiger charge is 2.16. The van der Waals surface area contributed by atoms with Crippen LogP contribution in [0.5, 0.6) is 0 Å². The van der Waals surface area contributed by atoms with Crippen LogP contribution in [0, 0.1) is 0 Å². The van der Waals surface area contributed by atoms with Crippen molar-refractivity contribution in [2.45, 2.75) is 32.6 Å². The summed E-state index contributed by atoms with van der Waals surface area (Å²) in [7, 11) is 0. The molecule has 0 radical (unpaired) electrons. The van der Waals surface area contributed by atoms with E-state index in [1.54, 1.807) is 6.07 Å². The molecule has 1 aliphatic rings. The highest BCUT2D eigenvalue weighted by atomic mass is 35.5. The monoisotopic (exact) mass is 264 g/mol. The summed E-state index contributed by atoms with van der Waals surface area (Å²) in [4.78, 5) is 16.0. The summed E-state index contributed by atoms with van der Waals surface area (Å²) in [5.41, 5.74) is 2.76. The Morgan fingerprint density at radius 1 is 1.39 bits per heavy atom. The first-order valence-corrected chi connectivity index (χ1v) is 6.71. The molecule has 1 N–H and O–H groups in total. The van der Waals surface area contributed by atoms with Crippen molar-refractivity contribution in [2.75, 3.05) is 11.9 Å². The van der Waals surface area contributed by atoms with Gasteiger partial charge in [0.15, 0.2) is 0 Å². The van der Waals surface area contributed by atoms with Gasteiger partial charge >= 0.3 is 0 Å². The third-order valence-electron chi connectivity index (χ3n) is 3.00. The topological polar surface area (TPSA) is 41.5 Å². The van der Waals surface area contributed by atoms with Crippen LogP contribution in [0.3, 0.4) is 0 Å². The largest absolute Gasteiger partial charge is 0.324 e. The molecule has 3 nitrogen and oxygen atoms in total. The minimum Gasteiger partial charge on any atom is -0.324 e. The quantitative estimate of drug-likeness (QED) is 0.829. The van der Waals surface area contributed by atoms with Crippen molar-refractivity contribution in [1.29, 1.82) is 0 Å². The number of amides is 1. The van der Waals surface area contributed by atoms with E-state index in [1.165, 1.54) is 12.8 Å². The number of halogens is 1. The van der Waals surface area contributed by atoms with Gasteiger partial charge in [-0.1, -0.05) is 31.4 Å². The van der Waals surface area contributed by atoms with Crippen molar-refractivity contribution < 1.29 is 4.79 Å². The second-order valence-corrected chi connectivity index (χ2v) is 4.89. The van der Waals surface area contributed by atoms with Gasteiger partial charge in [0.25, 0.3) is 0 Å². The molecule has 1 amide bonds. The van der Waals surface area contributed by atoms with Crippen LogP contribution < -0.4 is 5.32 Å². The van der Waals surface area contributed by atoms with E-state index in [9.17, 15) is 4.79 Å². The molecule has 0 aliphatic carbocycles. The Balaban J connectivity index is 2.28. The van der Waals surface area contributed by atoms with Gasteiger partial charge in [-0.15, -0.1) is 0 Å². The molecule has 0 saturated heterocycles. The highest BCUT2D eigenvalue weighted by molar-refractivity contribution is 6.31. The van der Waals surface area contributed by atoms with Crippen LogP contribution >= 0.6 is 11.6 Å². The van der Waals surface area contributed by atoms with E-state index in [4.69, 9.17) is 11.6 Å². The van der Waals surface area contributed by atoms with Gasteiger partial charge in [-0.25, -0.2) is 0 Å². The van der Waals surface area contributed by atoms with Crippen LogP contribution in [-0.2, 0) is 4.79 Å². The first-order valence-electron chi connectivity index (χ1n) is 6.34. The van der Waals surface area contributed by atoms with Crippen LogP contribution in [0.15, 0.2) is 23.2 Å². The fourth-order valence-corrected chi connectivity index (χ4v) is 2.23. The molecular formula is C14H17ClN2O. The van der Waals surface area contributed by atoms with Gasteiger partial charge in [0, 0.05) is 22.0 Å². The van der Waals surface area contributed by atoms with E-state index in [1.807, 2.05) is 12.1 Å². The molecule has 1 aliphatic heterocycles. The third-order valence-corrected chi connectivity index (χ3v) is 3.23. The number of carbonyl (C=O) groups excluding carboxylic acids is 1. The first-order chi connectivity index (χ1) is 8.70. The molecule has 18 heavy (non-hydrogen) atoms. The Hall–Kier alpha value is -1.35. The van der Waals surface area contributed by atoms with Gasteiger partial charge in [-0.2, -0.15) is 0 Å². The number of hydrogen-bond donors (Lipinski definition) is 1. The summed E-state index contributed by atoms with van der Waals surface area (Å²) >= 11 is 6.03. The maximum atomic E-state index is 11.6. The van der Waals surface area contributed by atoms with E-state index >= 15 is 0 Å². The molecule has 1 aromatic carbocycles. The predicted octanol–water partition coefficient (Wildman–Crippen LogP) is 3.66. The van der Waals surface area contributed by atoms with Crippen molar-refractivity contribution in [3.8, 4) is 0 Å². The Bertz CT molecular complexity index is 483. The Kier molecular flexibility index (Phi) is 4.37. The van der Waals surface area contributed by atoms with E-state index in [2.05, 4.69) is 17.2 Å². The molecule has 1 heterocycles. The number of aliphatic imine (C=N–C) groups is 1. The molecule has 0 fully saturated rings. The summed E-state index contributed by atoms with van der Waals surface area (Å²) < 4.78 is 0. The molecule has 0 bridgehead atoms. The Morgan fingerprint density at radius 2 is 2.22 bits per heavy atom. The van der Waals surface area contributed by atoms with E-state index in [-0.39, 0.29) is 12.5 Å². The van der Waals surface area contributed by atoms with Gasteiger partial charge in [0.2, 0.25) is 5.91 Å². The van der Waals surface area contributed by atoms with Crippen LogP contribution in [0.4, 0.5) is 5.69 Å². The zero-order chi connectivity index (χ0) is 13.0. The molecular weight excluding hydrogens is 248 g/mol. The molecule has 2 rings (SSSR count). The number of rotatable bonds is 4. The summed E-state index contributed by atoms with van der Waals surface area (Å²) in [6, 6.07) is 5.51. The molecule has 0 atom stereocenters. The second-order valence-electron chi connectivity index (χ2n) is 4.46. The third kappa shape index (κ3) is 3.10. The van der Waals surface area contributed by atoms with Crippen molar-refractivity contribution in [3.63, 3.8) is 0 Å². The van der Waals surface area contributed by atoms with Gasteiger partial charge in [-0.05, 0) is 31.0 Å². The van der Waals surface area contributed by atoms with Crippen molar-refractivity contribution in [1.82, 2.24) is 0 Å².